The van der Waals surface area contributed by atoms with E-state index in [-0.39, 0.29) is 6.10 Å². The summed E-state index contributed by atoms with van der Waals surface area (Å²) < 4.78 is 5.38. The lowest BCUT2D eigenvalue weighted by molar-refractivity contribution is 0.113. The lowest BCUT2D eigenvalue weighted by atomic mass is 10.2. The minimum absolute atomic E-state index is 0.243. The summed E-state index contributed by atoms with van der Waals surface area (Å²) in [7, 11) is 0. The highest BCUT2D eigenvalue weighted by atomic mass is 16.5. The first-order chi connectivity index (χ1) is 5.86. The van der Waals surface area contributed by atoms with Gasteiger partial charge in [-0.1, -0.05) is 24.1 Å². The zero-order chi connectivity index (χ0) is 8.81. The number of allylic oxidation sites excluding steroid dienone is 3. The Bertz CT molecular complexity index is 230. The molecule has 1 nitrogen and oxygen atoms in total. The molecule has 0 N–H and O–H groups in total. The maximum atomic E-state index is 5.38. The second-order valence-corrected chi connectivity index (χ2v) is 2.83. The predicted octanol–water partition coefficient (Wildman–Crippen LogP) is 2.30. The number of ether oxygens (including phenoxy) is 1. The Labute approximate surface area is 74.1 Å². The third kappa shape index (κ3) is 2.56. The molecule has 0 aliphatic heterocycles. The third-order valence-corrected chi connectivity index (χ3v) is 1.88. The molecule has 0 unspecified atom stereocenters. The Kier molecular flexibility index (Phi) is 3.63. The quantitative estimate of drug-likeness (QED) is 0.578. The molecule has 1 aliphatic rings. The first kappa shape index (κ1) is 9.09. The zero-order valence-corrected chi connectivity index (χ0v) is 7.42. The summed E-state index contributed by atoms with van der Waals surface area (Å²) >= 11 is 0. The second-order valence-electron chi connectivity index (χ2n) is 2.83. The van der Waals surface area contributed by atoms with E-state index in [1.807, 2.05) is 6.92 Å². The maximum Gasteiger partial charge on any atom is 0.108 e. The highest BCUT2D eigenvalue weighted by Crippen LogP contribution is 2.21. The van der Waals surface area contributed by atoms with Gasteiger partial charge in [0.15, 0.2) is 0 Å². The molecule has 0 amide bonds. The molecule has 64 valence electrons. The molecule has 12 heavy (non-hydrogen) atoms. The zero-order valence-electron chi connectivity index (χ0n) is 7.42. The number of terminal acetylenes is 1. The fraction of sp³-hybridized carbons (Fsp3) is 0.455. The molecule has 0 aromatic carbocycles. The van der Waals surface area contributed by atoms with Gasteiger partial charge in [0.25, 0.3) is 0 Å². The first-order valence-electron chi connectivity index (χ1n) is 4.25. The van der Waals surface area contributed by atoms with Crippen molar-refractivity contribution in [2.24, 2.45) is 0 Å². The van der Waals surface area contributed by atoms with Gasteiger partial charge in [0, 0.05) is 0 Å². The van der Waals surface area contributed by atoms with E-state index in [1.165, 1.54) is 5.57 Å². The number of hydrogen-bond acceptors (Lipinski definition) is 1. The molecular formula is C11H14O. The van der Waals surface area contributed by atoms with Crippen LogP contribution in [0.25, 0.3) is 0 Å². The summed E-state index contributed by atoms with van der Waals surface area (Å²) in [4.78, 5) is 0. The average Bonchev–Trinajstić information content (AvgIpc) is 2.50. The molecule has 1 atom stereocenters. The Morgan fingerprint density at radius 2 is 2.67 bits per heavy atom. The summed E-state index contributed by atoms with van der Waals surface area (Å²) in [5.41, 5.74) is 1.36. The molecule has 1 aliphatic carbocycles. The van der Waals surface area contributed by atoms with E-state index < -0.39 is 0 Å². The van der Waals surface area contributed by atoms with E-state index in [0.717, 1.165) is 12.8 Å². The van der Waals surface area contributed by atoms with Crippen molar-refractivity contribution in [2.45, 2.75) is 25.9 Å². The molecule has 0 aromatic heterocycles. The van der Waals surface area contributed by atoms with Crippen molar-refractivity contribution >= 4 is 0 Å². The van der Waals surface area contributed by atoms with Crippen LogP contribution in [0.4, 0.5) is 0 Å². The third-order valence-electron chi connectivity index (χ3n) is 1.88. The van der Waals surface area contributed by atoms with Gasteiger partial charge in [-0.3, -0.25) is 0 Å². The molecule has 1 rings (SSSR count). The van der Waals surface area contributed by atoms with Crippen LogP contribution in [0, 0.1) is 12.3 Å². The SMILES string of the molecule is C#CCO[C@@H]1C=C(/C=C/C)CC1. The summed E-state index contributed by atoms with van der Waals surface area (Å²) in [5.74, 6) is 2.47. The van der Waals surface area contributed by atoms with Crippen LogP contribution >= 0.6 is 0 Å². The van der Waals surface area contributed by atoms with Crippen LogP contribution in [0.5, 0.6) is 0 Å². The van der Waals surface area contributed by atoms with Gasteiger partial charge in [-0.15, -0.1) is 6.42 Å². The molecular weight excluding hydrogens is 148 g/mol. The van der Waals surface area contributed by atoms with Crippen LogP contribution in [0.1, 0.15) is 19.8 Å². The Hall–Kier alpha value is -1.00. The van der Waals surface area contributed by atoms with Crippen molar-refractivity contribution in [3.63, 3.8) is 0 Å². The highest BCUT2D eigenvalue weighted by Gasteiger charge is 2.13. The van der Waals surface area contributed by atoms with Gasteiger partial charge >= 0.3 is 0 Å². The van der Waals surface area contributed by atoms with Crippen molar-refractivity contribution in [2.75, 3.05) is 6.61 Å². The molecule has 0 heterocycles. The monoisotopic (exact) mass is 162 g/mol. The summed E-state index contributed by atoms with van der Waals surface area (Å²) in [5, 5.41) is 0. The molecule has 0 fully saturated rings. The fourth-order valence-corrected chi connectivity index (χ4v) is 1.35. The number of rotatable bonds is 3. The molecule has 1 heteroatoms. The van der Waals surface area contributed by atoms with Crippen LogP contribution in [0.15, 0.2) is 23.8 Å². The van der Waals surface area contributed by atoms with Crippen LogP contribution in [0.2, 0.25) is 0 Å². The predicted molar refractivity (Wildman–Crippen MR) is 50.7 cm³/mol. The topological polar surface area (TPSA) is 9.23 Å². The molecule has 0 bridgehead atoms. The second kappa shape index (κ2) is 4.79. The lowest BCUT2D eigenvalue weighted by Gasteiger charge is -2.04. The van der Waals surface area contributed by atoms with Crippen LogP contribution in [-0.4, -0.2) is 12.7 Å². The van der Waals surface area contributed by atoms with Crippen molar-refractivity contribution < 1.29 is 4.74 Å². The van der Waals surface area contributed by atoms with Gasteiger partial charge in [-0.2, -0.15) is 0 Å². The molecule has 0 saturated heterocycles. The van der Waals surface area contributed by atoms with Crippen molar-refractivity contribution in [3.8, 4) is 12.3 Å². The van der Waals surface area contributed by atoms with Crippen LogP contribution in [0.3, 0.4) is 0 Å². The van der Waals surface area contributed by atoms with E-state index in [1.54, 1.807) is 0 Å². The normalized spacial score (nSPS) is 22.7. The van der Waals surface area contributed by atoms with Gasteiger partial charge in [0.1, 0.15) is 6.61 Å². The van der Waals surface area contributed by atoms with E-state index in [9.17, 15) is 0 Å². The summed E-state index contributed by atoms with van der Waals surface area (Å²) in [6, 6.07) is 0. The Morgan fingerprint density at radius 1 is 1.83 bits per heavy atom. The number of hydrogen-bond donors (Lipinski definition) is 0. The van der Waals surface area contributed by atoms with Crippen LogP contribution < -0.4 is 0 Å². The highest BCUT2D eigenvalue weighted by molar-refractivity contribution is 5.24. The minimum Gasteiger partial charge on any atom is -0.361 e. The van der Waals surface area contributed by atoms with E-state index in [4.69, 9.17) is 11.2 Å². The lowest BCUT2D eigenvalue weighted by Crippen LogP contribution is -2.05. The van der Waals surface area contributed by atoms with Gasteiger partial charge < -0.3 is 4.74 Å². The Balaban J connectivity index is 2.37. The fourth-order valence-electron chi connectivity index (χ4n) is 1.35. The first-order valence-corrected chi connectivity index (χ1v) is 4.25. The molecule has 0 aromatic rings. The van der Waals surface area contributed by atoms with Crippen LogP contribution in [-0.2, 0) is 4.74 Å². The summed E-state index contributed by atoms with van der Waals surface area (Å²) in [6.45, 7) is 2.45. The van der Waals surface area contributed by atoms with Crippen molar-refractivity contribution in [1.29, 1.82) is 0 Å². The molecule has 0 spiro atoms. The average molecular weight is 162 g/mol. The van der Waals surface area contributed by atoms with Gasteiger partial charge in [0.2, 0.25) is 0 Å². The standard InChI is InChI=1S/C11H14O/c1-3-5-10-6-7-11(9-10)12-8-4-2/h2-3,5,9,11H,6-8H2,1H3/b5-3+/t11-/m0/s1. The van der Waals surface area contributed by atoms with Gasteiger partial charge in [-0.05, 0) is 25.3 Å². The smallest absolute Gasteiger partial charge is 0.108 e. The minimum atomic E-state index is 0.243. The van der Waals surface area contributed by atoms with Crippen molar-refractivity contribution in [1.82, 2.24) is 0 Å². The van der Waals surface area contributed by atoms with E-state index in [0.29, 0.717) is 6.61 Å². The maximum absolute atomic E-state index is 5.38. The molecule has 0 radical (unpaired) electrons. The van der Waals surface area contributed by atoms with E-state index >= 15 is 0 Å². The Morgan fingerprint density at radius 3 is 3.33 bits per heavy atom. The van der Waals surface area contributed by atoms with Gasteiger partial charge in [-0.25, -0.2) is 0 Å². The summed E-state index contributed by atoms with van der Waals surface area (Å²) in [6.07, 6.45) is 13.8. The largest absolute Gasteiger partial charge is 0.361 e. The molecule has 0 saturated carbocycles. The van der Waals surface area contributed by atoms with Gasteiger partial charge in [0.05, 0.1) is 6.10 Å². The van der Waals surface area contributed by atoms with Crippen molar-refractivity contribution in [3.05, 3.63) is 23.8 Å². The van der Waals surface area contributed by atoms with E-state index in [2.05, 4.69) is 24.1 Å².